The molecule has 1 aromatic heterocycles. The molecule has 10 radical (unpaired) electrons. The number of nitrogens with zero attached hydrogens (tertiary/aromatic N) is 1. The standard InChI is InChI=1S/C17H16N.C5H5.Fe/c1-18-13-7-12-16(18)17(15-10-5-6-11-15)14-8-3-2-4-9-14;1-2-4-5-3-1;/h2-13,17H,1H3;1-5H;/q;;+2. The fourth-order valence-electron chi connectivity index (χ4n) is 2.86. The third kappa shape index (κ3) is 5.01. The first kappa shape index (κ1) is 19.3. The van der Waals surface area contributed by atoms with Crippen LogP contribution in [0.4, 0.5) is 0 Å². The van der Waals surface area contributed by atoms with Crippen LogP contribution in [0.3, 0.4) is 0 Å². The molecule has 0 aliphatic heterocycles. The van der Waals surface area contributed by atoms with Crippen molar-refractivity contribution in [2.75, 3.05) is 0 Å². The summed E-state index contributed by atoms with van der Waals surface area (Å²) in [6, 6.07) is 15.0. The van der Waals surface area contributed by atoms with E-state index in [0.717, 1.165) is 0 Å². The van der Waals surface area contributed by atoms with Crippen LogP contribution in [0.15, 0.2) is 48.7 Å². The topological polar surface area (TPSA) is 4.93 Å². The molecule has 2 heteroatoms. The molecule has 2 aromatic rings. The van der Waals surface area contributed by atoms with Crippen LogP contribution in [-0.2, 0) is 24.1 Å². The van der Waals surface area contributed by atoms with Crippen molar-refractivity contribution in [1.29, 1.82) is 0 Å². The number of aryl methyl sites for hydroxylation is 1. The van der Waals surface area contributed by atoms with Gasteiger partial charge in [0.25, 0.3) is 0 Å². The van der Waals surface area contributed by atoms with Gasteiger partial charge < -0.3 is 4.57 Å². The first-order valence-corrected chi connectivity index (χ1v) is 7.91. The van der Waals surface area contributed by atoms with Crippen LogP contribution in [0.2, 0.25) is 0 Å². The van der Waals surface area contributed by atoms with E-state index in [2.05, 4.69) is 86.0 Å². The third-order valence-electron chi connectivity index (χ3n) is 3.99. The van der Waals surface area contributed by atoms with E-state index in [1.165, 1.54) is 17.2 Å². The Hall–Kier alpha value is -0.981. The summed E-state index contributed by atoms with van der Waals surface area (Å²) < 4.78 is 2.20. The molecule has 24 heavy (non-hydrogen) atoms. The second-order valence-corrected chi connectivity index (χ2v) is 5.57. The molecule has 1 nitrogen and oxygen atoms in total. The van der Waals surface area contributed by atoms with Crippen molar-refractivity contribution in [1.82, 2.24) is 4.57 Å². The van der Waals surface area contributed by atoms with Gasteiger partial charge in [0.2, 0.25) is 0 Å². The molecule has 0 spiro atoms. The Morgan fingerprint density at radius 2 is 1.29 bits per heavy atom. The zero-order valence-electron chi connectivity index (χ0n) is 13.7. The summed E-state index contributed by atoms with van der Waals surface area (Å²) in [5.74, 6) is 1.67. The van der Waals surface area contributed by atoms with Crippen LogP contribution in [0.1, 0.15) is 17.2 Å². The van der Waals surface area contributed by atoms with Gasteiger partial charge in [0, 0.05) is 24.9 Å². The molecule has 1 atom stereocenters. The molecule has 4 rings (SSSR count). The maximum Gasteiger partial charge on any atom is 2.00 e. The van der Waals surface area contributed by atoms with Crippen molar-refractivity contribution in [2.45, 2.75) is 5.92 Å². The Bertz CT molecular complexity index is 557. The summed E-state index contributed by atoms with van der Waals surface area (Å²) in [4.78, 5) is 0. The van der Waals surface area contributed by atoms with Crippen LogP contribution in [0, 0.1) is 63.7 Å². The molecular formula is C22H21FeN+2. The average molecular weight is 355 g/mol. The zero-order valence-corrected chi connectivity index (χ0v) is 14.8. The predicted molar refractivity (Wildman–Crippen MR) is 95.6 cm³/mol. The van der Waals surface area contributed by atoms with Crippen LogP contribution in [-0.4, -0.2) is 4.57 Å². The van der Waals surface area contributed by atoms with Crippen LogP contribution >= 0.6 is 0 Å². The van der Waals surface area contributed by atoms with E-state index < -0.39 is 0 Å². The number of hydrogen-bond donors (Lipinski definition) is 0. The van der Waals surface area contributed by atoms with E-state index in [-0.39, 0.29) is 17.1 Å². The molecule has 0 N–H and O–H groups in total. The van der Waals surface area contributed by atoms with Crippen LogP contribution in [0.5, 0.6) is 0 Å². The molecule has 120 valence electrons. The van der Waals surface area contributed by atoms with Gasteiger partial charge in [0.1, 0.15) is 0 Å². The smallest absolute Gasteiger partial charge is 0.354 e. The second kappa shape index (κ2) is 10.1. The van der Waals surface area contributed by atoms with E-state index >= 15 is 0 Å². The van der Waals surface area contributed by atoms with Crippen molar-refractivity contribution in [3.05, 3.63) is 124 Å². The summed E-state index contributed by atoms with van der Waals surface area (Å²) in [6.07, 6.45) is 20.7. The number of hydrogen-bond acceptors (Lipinski definition) is 0. The van der Waals surface area contributed by atoms with Gasteiger partial charge in [0.05, 0.1) is 0 Å². The van der Waals surface area contributed by atoms with Gasteiger partial charge in [0.15, 0.2) is 0 Å². The molecule has 2 fully saturated rings. The number of rotatable bonds is 3. The van der Waals surface area contributed by atoms with Crippen LogP contribution in [0.25, 0.3) is 0 Å². The van der Waals surface area contributed by atoms with E-state index in [4.69, 9.17) is 0 Å². The Kier molecular flexibility index (Phi) is 8.15. The summed E-state index contributed by atoms with van der Waals surface area (Å²) in [7, 11) is 2.11. The Balaban J connectivity index is 0.000000300. The normalized spacial score (nSPS) is 18.5. The molecule has 2 aliphatic carbocycles. The summed E-state index contributed by atoms with van der Waals surface area (Å²) in [6.45, 7) is 0. The van der Waals surface area contributed by atoms with E-state index in [0.29, 0.717) is 5.92 Å². The minimum absolute atomic E-state index is 0. The molecular weight excluding hydrogens is 334 g/mol. The molecule has 0 saturated heterocycles. The molecule has 1 aromatic carbocycles. The Labute approximate surface area is 158 Å². The van der Waals surface area contributed by atoms with E-state index in [1.807, 2.05) is 32.1 Å². The maximum atomic E-state index is 2.20. The fourth-order valence-corrected chi connectivity index (χ4v) is 2.86. The molecule has 2 aliphatic rings. The van der Waals surface area contributed by atoms with Gasteiger partial charge in [-0.3, -0.25) is 0 Å². The van der Waals surface area contributed by atoms with Crippen molar-refractivity contribution in [3.8, 4) is 0 Å². The molecule has 0 amide bonds. The fraction of sp³-hybridized carbons (Fsp3) is 0.0909. The largest absolute Gasteiger partial charge is 2.00 e. The summed E-state index contributed by atoms with van der Waals surface area (Å²) >= 11 is 0. The van der Waals surface area contributed by atoms with Gasteiger partial charge in [-0.2, -0.15) is 0 Å². The van der Waals surface area contributed by atoms with E-state index in [9.17, 15) is 0 Å². The number of aromatic nitrogens is 1. The van der Waals surface area contributed by atoms with Gasteiger partial charge in [-0.1, -0.05) is 30.3 Å². The van der Waals surface area contributed by atoms with Crippen molar-refractivity contribution in [3.63, 3.8) is 0 Å². The van der Waals surface area contributed by atoms with Crippen molar-refractivity contribution < 1.29 is 17.1 Å². The average Bonchev–Trinajstić information content (AvgIpc) is 3.34. The quantitative estimate of drug-likeness (QED) is 0.711. The summed E-state index contributed by atoms with van der Waals surface area (Å²) in [5.41, 5.74) is 2.66. The van der Waals surface area contributed by atoms with Crippen molar-refractivity contribution in [2.24, 2.45) is 7.05 Å². The maximum absolute atomic E-state index is 2.20. The molecule has 0 bridgehead atoms. The summed E-state index contributed by atoms with van der Waals surface area (Å²) in [5, 5.41) is 0. The molecule has 1 heterocycles. The van der Waals surface area contributed by atoms with E-state index in [1.54, 1.807) is 0 Å². The second-order valence-electron chi connectivity index (χ2n) is 5.57. The minimum atomic E-state index is 0. The predicted octanol–water partition coefficient (Wildman–Crippen LogP) is 4.58. The first-order chi connectivity index (χ1) is 11.4. The van der Waals surface area contributed by atoms with Gasteiger partial charge in [-0.25, -0.2) is 0 Å². The van der Waals surface area contributed by atoms with Gasteiger partial charge in [-0.05, 0) is 81.4 Å². The Morgan fingerprint density at radius 3 is 1.79 bits per heavy atom. The van der Waals surface area contributed by atoms with Crippen molar-refractivity contribution >= 4 is 0 Å². The Morgan fingerprint density at radius 1 is 0.708 bits per heavy atom. The van der Waals surface area contributed by atoms with Gasteiger partial charge in [-0.15, -0.1) is 0 Å². The minimum Gasteiger partial charge on any atom is -0.354 e. The van der Waals surface area contributed by atoms with Gasteiger partial charge >= 0.3 is 17.1 Å². The monoisotopic (exact) mass is 355 g/mol. The van der Waals surface area contributed by atoms with Crippen LogP contribution < -0.4 is 0 Å². The number of benzene rings is 1. The molecule has 1 unspecified atom stereocenters. The first-order valence-electron chi connectivity index (χ1n) is 7.91. The molecule has 2 saturated carbocycles. The SMILES string of the molecule is Cn1cccc1C([C]1[CH][CH][CH][CH]1)c1ccccc1.[CH]1[CH][CH][CH][CH]1.[Fe+2]. The zero-order chi connectivity index (χ0) is 15.9. The third-order valence-corrected chi connectivity index (χ3v) is 3.99.